The van der Waals surface area contributed by atoms with Crippen molar-refractivity contribution in [3.8, 4) is 5.75 Å². The summed E-state index contributed by atoms with van der Waals surface area (Å²) in [5.41, 5.74) is 1.000. The van der Waals surface area contributed by atoms with Crippen LogP contribution in [0.3, 0.4) is 0 Å². The van der Waals surface area contributed by atoms with Crippen molar-refractivity contribution in [1.29, 1.82) is 0 Å². The van der Waals surface area contributed by atoms with Crippen molar-refractivity contribution < 1.29 is 9.53 Å². The van der Waals surface area contributed by atoms with Gasteiger partial charge in [-0.1, -0.05) is 29.3 Å². The van der Waals surface area contributed by atoms with E-state index in [0.717, 1.165) is 12.1 Å². The van der Waals surface area contributed by atoms with Crippen LogP contribution in [-0.4, -0.2) is 41.5 Å². The molecule has 1 aliphatic rings. The summed E-state index contributed by atoms with van der Waals surface area (Å²) in [4.78, 5) is 18.9. The van der Waals surface area contributed by atoms with E-state index in [1.54, 1.807) is 37.5 Å². The number of hydrogen-bond acceptors (Lipinski definition) is 4. The molecular formula is C18H19Cl2N3O2. The van der Waals surface area contributed by atoms with Crippen molar-refractivity contribution in [3.63, 3.8) is 0 Å². The Hall–Kier alpha value is -1.82. The van der Waals surface area contributed by atoms with E-state index in [4.69, 9.17) is 27.9 Å². The van der Waals surface area contributed by atoms with Gasteiger partial charge in [-0.15, -0.1) is 0 Å². The maximum absolute atomic E-state index is 12.9. The molecule has 3 rings (SSSR count). The van der Waals surface area contributed by atoms with E-state index in [1.807, 2.05) is 17.0 Å². The highest BCUT2D eigenvalue weighted by molar-refractivity contribution is 6.35. The molecule has 0 aliphatic carbocycles. The Morgan fingerprint density at radius 2 is 2.24 bits per heavy atom. The van der Waals surface area contributed by atoms with Gasteiger partial charge in [0, 0.05) is 37.1 Å². The summed E-state index contributed by atoms with van der Waals surface area (Å²) in [5, 5.41) is 4.23. The molecule has 0 bridgehead atoms. The number of aromatic nitrogens is 1. The third-order valence-corrected chi connectivity index (χ3v) is 4.67. The molecule has 25 heavy (non-hydrogen) atoms. The van der Waals surface area contributed by atoms with Gasteiger partial charge in [-0.05, 0) is 36.8 Å². The molecule has 2 aromatic rings. The Kier molecular flexibility index (Phi) is 5.78. The SMILES string of the molecule is CC(Oc1ccc(Cl)cc1Cl)C(=O)N1CCNCC1c1cccnc1. The topological polar surface area (TPSA) is 54.5 Å². The smallest absolute Gasteiger partial charge is 0.263 e. The largest absolute Gasteiger partial charge is 0.479 e. The van der Waals surface area contributed by atoms with E-state index >= 15 is 0 Å². The normalized spacial score (nSPS) is 18.7. The highest BCUT2D eigenvalue weighted by Gasteiger charge is 2.31. The van der Waals surface area contributed by atoms with E-state index in [-0.39, 0.29) is 11.9 Å². The summed E-state index contributed by atoms with van der Waals surface area (Å²) in [6.45, 7) is 3.78. The number of pyridine rings is 1. The molecule has 0 saturated carbocycles. The van der Waals surface area contributed by atoms with E-state index in [0.29, 0.717) is 28.9 Å². The quantitative estimate of drug-likeness (QED) is 0.884. The van der Waals surface area contributed by atoms with E-state index < -0.39 is 6.10 Å². The molecule has 7 heteroatoms. The van der Waals surface area contributed by atoms with Gasteiger partial charge in [0.05, 0.1) is 11.1 Å². The average molecular weight is 380 g/mol. The van der Waals surface area contributed by atoms with Crippen LogP contribution < -0.4 is 10.1 Å². The Balaban J connectivity index is 1.75. The number of piperazine rings is 1. The zero-order chi connectivity index (χ0) is 17.8. The lowest BCUT2D eigenvalue weighted by Crippen LogP contribution is -2.52. The second-order valence-electron chi connectivity index (χ2n) is 5.87. The minimum atomic E-state index is -0.657. The van der Waals surface area contributed by atoms with Gasteiger partial charge in [0.1, 0.15) is 5.75 Å². The zero-order valence-electron chi connectivity index (χ0n) is 13.8. The average Bonchev–Trinajstić information content (AvgIpc) is 2.64. The molecule has 1 N–H and O–H groups in total. The lowest BCUT2D eigenvalue weighted by atomic mass is 10.0. The van der Waals surface area contributed by atoms with Crippen LogP contribution in [-0.2, 0) is 4.79 Å². The van der Waals surface area contributed by atoms with Crippen LogP contribution in [0.2, 0.25) is 10.0 Å². The molecule has 2 heterocycles. The van der Waals surface area contributed by atoms with E-state index in [1.165, 1.54) is 0 Å². The van der Waals surface area contributed by atoms with Crippen LogP contribution >= 0.6 is 23.2 Å². The molecule has 0 radical (unpaired) electrons. The van der Waals surface area contributed by atoms with Gasteiger partial charge < -0.3 is 15.0 Å². The number of carbonyl (C=O) groups is 1. The summed E-state index contributed by atoms with van der Waals surface area (Å²) in [6.07, 6.45) is 2.86. The Morgan fingerprint density at radius 3 is 2.96 bits per heavy atom. The number of nitrogens with one attached hydrogen (secondary N) is 1. The minimum absolute atomic E-state index is 0.0679. The molecule has 2 unspecified atom stereocenters. The van der Waals surface area contributed by atoms with E-state index in [9.17, 15) is 4.79 Å². The second-order valence-corrected chi connectivity index (χ2v) is 6.72. The van der Waals surface area contributed by atoms with Gasteiger partial charge >= 0.3 is 0 Å². The highest BCUT2D eigenvalue weighted by atomic mass is 35.5. The number of ether oxygens (including phenoxy) is 1. The maximum atomic E-state index is 12.9. The van der Waals surface area contributed by atoms with Crippen molar-refractivity contribution in [1.82, 2.24) is 15.2 Å². The van der Waals surface area contributed by atoms with Gasteiger partial charge in [-0.2, -0.15) is 0 Å². The third kappa shape index (κ3) is 4.24. The molecular weight excluding hydrogens is 361 g/mol. The maximum Gasteiger partial charge on any atom is 0.263 e. The lowest BCUT2D eigenvalue weighted by molar-refractivity contribution is -0.141. The molecule has 5 nitrogen and oxygen atoms in total. The Morgan fingerprint density at radius 1 is 1.40 bits per heavy atom. The van der Waals surface area contributed by atoms with Crippen LogP contribution in [0.4, 0.5) is 0 Å². The minimum Gasteiger partial charge on any atom is -0.479 e. The number of benzene rings is 1. The Bertz CT molecular complexity index is 742. The first-order valence-electron chi connectivity index (χ1n) is 8.09. The van der Waals surface area contributed by atoms with E-state index in [2.05, 4.69) is 10.3 Å². The fourth-order valence-corrected chi connectivity index (χ4v) is 3.34. The van der Waals surface area contributed by atoms with Gasteiger partial charge in [-0.3, -0.25) is 9.78 Å². The molecule has 1 fully saturated rings. The van der Waals surface area contributed by atoms with Crippen LogP contribution in [0.25, 0.3) is 0 Å². The molecule has 1 aromatic carbocycles. The number of halogens is 2. The third-order valence-electron chi connectivity index (χ3n) is 4.14. The van der Waals surface area contributed by atoms with Crippen molar-refractivity contribution in [2.24, 2.45) is 0 Å². The van der Waals surface area contributed by atoms with Gasteiger partial charge in [0.25, 0.3) is 5.91 Å². The van der Waals surface area contributed by atoms with Gasteiger partial charge in [-0.25, -0.2) is 0 Å². The number of hydrogen-bond donors (Lipinski definition) is 1. The predicted molar refractivity (Wildman–Crippen MR) is 98.1 cm³/mol. The molecule has 132 valence electrons. The molecule has 0 spiro atoms. The monoisotopic (exact) mass is 379 g/mol. The summed E-state index contributed by atoms with van der Waals surface area (Å²) in [7, 11) is 0. The summed E-state index contributed by atoms with van der Waals surface area (Å²) < 4.78 is 5.78. The van der Waals surface area contributed by atoms with Crippen LogP contribution in [0.5, 0.6) is 5.75 Å². The van der Waals surface area contributed by atoms with Crippen LogP contribution in [0, 0.1) is 0 Å². The number of nitrogens with zero attached hydrogens (tertiary/aromatic N) is 2. The fraction of sp³-hybridized carbons (Fsp3) is 0.333. The summed E-state index contributed by atoms with van der Waals surface area (Å²) >= 11 is 12.0. The molecule has 1 aromatic heterocycles. The summed E-state index contributed by atoms with van der Waals surface area (Å²) in [6, 6.07) is 8.74. The molecule has 1 aliphatic heterocycles. The van der Waals surface area contributed by atoms with Crippen molar-refractivity contribution in [3.05, 3.63) is 58.3 Å². The first kappa shape index (κ1) is 18.0. The number of carbonyl (C=O) groups excluding carboxylic acids is 1. The molecule has 2 atom stereocenters. The second kappa shape index (κ2) is 8.04. The predicted octanol–water partition coefficient (Wildman–Crippen LogP) is 3.33. The Labute approximate surface area is 156 Å². The number of rotatable bonds is 4. The van der Waals surface area contributed by atoms with Crippen molar-refractivity contribution >= 4 is 29.1 Å². The molecule has 1 saturated heterocycles. The highest BCUT2D eigenvalue weighted by Crippen LogP contribution is 2.29. The van der Waals surface area contributed by atoms with Crippen molar-refractivity contribution in [2.45, 2.75) is 19.1 Å². The standard InChI is InChI=1S/C18H19Cl2N3O2/c1-12(25-17-5-4-14(19)9-15(17)20)18(24)23-8-7-22-11-16(23)13-3-2-6-21-10-13/h2-6,9-10,12,16,22H,7-8,11H2,1H3. The molecule has 1 amide bonds. The van der Waals surface area contributed by atoms with Gasteiger partial charge in [0.2, 0.25) is 0 Å². The zero-order valence-corrected chi connectivity index (χ0v) is 15.3. The first-order valence-corrected chi connectivity index (χ1v) is 8.84. The van der Waals surface area contributed by atoms with Crippen LogP contribution in [0.15, 0.2) is 42.7 Å². The van der Waals surface area contributed by atoms with Crippen LogP contribution in [0.1, 0.15) is 18.5 Å². The number of amides is 1. The lowest BCUT2D eigenvalue weighted by Gasteiger charge is -2.37. The fourth-order valence-electron chi connectivity index (χ4n) is 2.88. The van der Waals surface area contributed by atoms with Crippen molar-refractivity contribution in [2.75, 3.05) is 19.6 Å². The summed E-state index contributed by atoms with van der Waals surface area (Å²) in [5.74, 6) is 0.362. The first-order chi connectivity index (χ1) is 12.1. The van der Waals surface area contributed by atoms with Gasteiger partial charge in [0.15, 0.2) is 6.10 Å².